The summed E-state index contributed by atoms with van der Waals surface area (Å²) in [6.07, 6.45) is 0.714. The fourth-order valence-electron chi connectivity index (χ4n) is 3.29. The number of nitrogens with zero attached hydrogens (tertiary/aromatic N) is 1. The van der Waals surface area contributed by atoms with Crippen molar-refractivity contribution < 1.29 is 31.5 Å². The molecule has 1 N–H and O–H groups in total. The molecule has 0 fully saturated rings. The van der Waals surface area contributed by atoms with Gasteiger partial charge in [0.2, 0.25) is 5.72 Å². The first kappa shape index (κ1) is 21.7. The summed E-state index contributed by atoms with van der Waals surface area (Å²) < 4.78 is 6.08. The van der Waals surface area contributed by atoms with E-state index in [1.807, 2.05) is 13.8 Å². The van der Waals surface area contributed by atoms with Crippen LogP contribution in [0.4, 0.5) is 0 Å². The Balaban J connectivity index is 0. The van der Waals surface area contributed by atoms with Gasteiger partial charge in [-0.05, 0) is 34.6 Å². The molecule has 0 aromatic rings. The number of esters is 1. The molecular formula is C15H30ClNO3. The van der Waals surface area contributed by atoms with Gasteiger partial charge in [0.25, 0.3) is 0 Å². The zero-order valence-corrected chi connectivity index (χ0v) is 14.6. The summed E-state index contributed by atoms with van der Waals surface area (Å²) in [6.45, 7) is 17.9. The third-order valence-corrected chi connectivity index (χ3v) is 3.93. The molecule has 0 rings (SSSR count). The first-order valence-corrected chi connectivity index (χ1v) is 6.92. The molecule has 0 saturated carbocycles. The Labute approximate surface area is 129 Å². The van der Waals surface area contributed by atoms with E-state index in [9.17, 15) is 9.90 Å². The van der Waals surface area contributed by atoms with E-state index in [4.69, 9.17) is 4.74 Å². The van der Waals surface area contributed by atoms with E-state index in [1.165, 1.54) is 6.08 Å². The predicted molar refractivity (Wildman–Crippen MR) is 77.4 cm³/mol. The van der Waals surface area contributed by atoms with Crippen molar-refractivity contribution in [1.82, 2.24) is 0 Å². The maximum absolute atomic E-state index is 11.6. The first-order chi connectivity index (χ1) is 8.51. The molecule has 0 aliphatic carbocycles. The summed E-state index contributed by atoms with van der Waals surface area (Å²) >= 11 is 0. The summed E-state index contributed by atoms with van der Waals surface area (Å²) in [5.74, 6) is -0.431. The van der Waals surface area contributed by atoms with Crippen molar-refractivity contribution >= 4 is 5.97 Å². The minimum Gasteiger partial charge on any atom is -1.00 e. The molecule has 0 heterocycles. The zero-order chi connectivity index (χ0) is 15.4. The van der Waals surface area contributed by atoms with Crippen LogP contribution in [0.1, 0.15) is 48.5 Å². The van der Waals surface area contributed by atoms with Crippen LogP contribution < -0.4 is 12.4 Å². The molecule has 0 spiro atoms. The number of carbonyl (C=O) groups excluding carboxylic acids is 1. The Morgan fingerprint density at radius 1 is 1.25 bits per heavy atom. The number of aliphatic hydroxyl groups is 1. The molecule has 1 unspecified atom stereocenters. The van der Waals surface area contributed by atoms with Crippen LogP contribution in [0, 0.1) is 0 Å². The second kappa shape index (κ2) is 8.01. The van der Waals surface area contributed by atoms with Crippen molar-refractivity contribution in [3.05, 3.63) is 12.7 Å². The summed E-state index contributed by atoms with van der Waals surface area (Å²) in [6, 6.07) is 0.421. The molecule has 5 heteroatoms. The first-order valence-electron chi connectivity index (χ1n) is 6.92. The molecule has 0 bridgehead atoms. The molecule has 1 atom stereocenters. The molecule has 0 radical (unpaired) electrons. The smallest absolute Gasteiger partial charge is 0.334 e. The van der Waals surface area contributed by atoms with Gasteiger partial charge in [0.1, 0.15) is 12.6 Å². The Hall–Kier alpha value is -0.580. The van der Waals surface area contributed by atoms with Crippen molar-refractivity contribution in [3.8, 4) is 0 Å². The maximum Gasteiger partial charge on any atom is 0.334 e. The number of aliphatic hydroxyl groups excluding tert-OH is 1. The maximum atomic E-state index is 11.6. The molecule has 0 aliphatic rings. The molecule has 0 amide bonds. The normalized spacial score (nSPS) is 13.9. The van der Waals surface area contributed by atoms with Crippen molar-refractivity contribution in [1.29, 1.82) is 0 Å². The lowest BCUT2D eigenvalue weighted by molar-refractivity contribution is -1.03. The SMILES string of the molecule is C=CC(=O)OC(C)(C)[N+](CC(C)O)(C(C)C)C(C)C.[Cl-]. The minimum absolute atomic E-state index is 0. The van der Waals surface area contributed by atoms with Crippen molar-refractivity contribution in [3.63, 3.8) is 0 Å². The lowest BCUT2D eigenvalue weighted by atomic mass is 10.0. The van der Waals surface area contributed by atoms with Gasteiger partial charge in [-0.1, -0.05) is 6.58 Å². The average Bonchev–Trinajstić information content (AvgIpc) is 2.23. The highest BCUT2D eigenvalue weighted by Gasteiger charge is 2.51. The van der Waals surface area contributed by atoms with Crippen LogP contribution in [0.15, 0.2) is 12.7 Å². The average molecular weight is 308 g/mol. The van der Waals surface area contributed by atoms with E-state index in [0.717, 1.165) is 0 Å². The molecule has 120 valence electrons. The van der Waals surface area contributed by atoms with Crippen LogP contribution in [0.5, 0.6) is 0 Å². The molecule has 20 heavy (non-hydrogen) atoms. The van der Waals surface area contributed by atoms with E-state index >= 15 is 0 Å². The van der Waals surface area contributed by atoms with Crippen LogP contribution in [-0.2, 0) is 9.53 Å². The van der Waals surface area contributed by atoms with Crippen LogP contribution in [0.2, 0.25) is 0 Å². The number of hydrogen-bond acceptors (Lipinski definition) is 3. The van der Waals surface area contributed by atoms with Gasteiger partial charge < -0.3 is 22.3 Å². The van der Waals surface area contributed by atoms with Crippen molar-refractivity contribution in [2.24, 2.45) is 0 Å². The Kier molecular flexibility index (Phi) is 8.69. The Morgan fingerprint density at radius 3 is 1.90 bits per heavy atom. The number of quaternary nitrogens is 1. The van der Waals surface area contributed by atoms with Crippen molar-refractivity contribution in [2.75, 3.05) is 6.54 Å². The molecular weight excluding hydrogens is 278 g/mol. The highest BCUT2D eigenvalue weighted by atomic mass is 35.5. The highest BCUT2D eigenvalue weighted by Crippen LogP contribution is 2.34. The number of rotatable bonds is 7. The van der Waals surface area contributed by atoms with Gasteiger partial charge in [-0.25, -0.2) is 4.79 Å². The van der Waals surface area contributed by atoms with E-state index in [2.05, 4.69) is 34.3 Å². The highest BCUT2D eigenvalue weighted by molar-refractivity contribution is 5.81. The molecule has 0 saturated heterocycles. The van der Waals surface area contributed by atoms with Gasteiger partial charge in [0, 0.05) is 19.9 Å². The van der Waals surface area contributed by atoms with E-state index in [0.29, 0.717) is 11.0 Å². The van der Waals surface area contributed by atoms with Gasteiger partial charge in [-0.2, -0.15) is 0 Å². The second-order valence-corrected chi connectivity index (χ2v) is 6.22. The minimum atomic E-state index is -0.732. The lowest BCUT2D eigenvalue weighted by Gasteiger charge is -2.54. The van der Waals surface area contributed by atoms with Gasteiger partial charge in [-0.3, -0.25) is 4.48 Å². The summed E-state index contributed by atoms with van der Waals surface area (Å²) in [5, 5.41) is 9.86. The quantitative estimate of drug-likeness (QED) is 0.298. The predicted octanol–water partition coefficient (Wildman–Crippen LogP) is -0.530. The number of hydrogen-bond donors (Lipinski definition) is 1. The third-order valence-electron chi connectivity index (χ3n) is 3.93. The standard InChI is InChI=1S/C15H30NO3.ClH/c1-9-14(18)19-15(7,8)16(11(2)3,12(4)5)10-13(6)17;/h9,11-13,17H,1,10H2,2-8H3;1H/q+1;/p-1. The molecule has 4 nitrogen and oxygen atoms in total. The topological polar surface area (TPSA) is 46.5 Å². The van der Waals surface area contributed by atoms with Gasteiger partial charge in [0.05, 0.1) is 12.1 Å². The van der Waals surface area contributed by atoms with Crippen LogP contribution in [-0.4, -0.2) is 46.0 Å². The van der Waals surface area contributed by atoms with Gasteiger partial charge in [0.15, 0.2) is 0 Å². The lowest BCUT2D eigenvalue weighted by Crippen LogP contribution is -3.00. The number of ether oxygens (including phenoxy) is 1. The third kappa shape index (κ3) is 4.47. The van der Waals surface area contributed by atoms with Gasteiger partial charge in [-0.15, -0.1) is 0 Å². The monoisotopic (exact) mass is 307 g/mol. The molecule has 0 aromatic carbocycles. The summed E-state index contributed by atoms with van der Waals surface area (Å²) in [5.41, 5.74) is -0.732. The Morgan fingerprint density at radius 2 is 1.65 bits per heavy atom. The van der Waals surface area contributed by atoms with E-state index in [-0.39, 0.29) is 24.5 Å². The largest absolute Gasteiger partial charge is 1.00 e. The Bertz CT molecular complexity index is 317. The fraction of sp³-hybridized carbons (Fsp3) is 0.800. The summed E-state index contributed by atoms with van der Waals surface area (Å²) in [7, 11) is 0. The number of halogens is 1. The molecule has 0 aliphatic heterocycles. The fourth-order valence-corrected chi connectivity index (χ4v) is 3.29. The van der Waals surface area contributed by atoms with Crippen molar-refractivity contribution in [2.45, 2.75) is 72.4 Å². The van der Waals surface area contributed by atoms with Crippen LogP contribution in [0.3, 0.4) is 0 Å². The number of carbonyl (C=O) groups is 1. The zero-order valence-electron chi connectivity index (χ0n) is 13.8. The second-order valence-electron chi connectivity index (χ2n) is 6.22. The van der Waals surface area contributed by atoms with E-state index in [1.54, 1.807) is 6.92 Å². The van der Waals surface area contributed by atoms with E-state index < -0.39 is 17.8 Å². The molecule has 0 aromatic heterocycles. The summed E-state index contributed by atoms with van der Waals surface area (Å²) in [4.78, 5) is 11.6. The van der Waals surface area contributed by atoms with Crippen LogP contribution >= 0.6 is 0 Å². The van der Waals surface area contributed by atoms with Gasteiger partial charge >= 0.3 is 5.97 Å². The van der Waals surface area contributed by atoms with Crippen LogP contribution in [0.25, 0.3) is 0 Å².